The first-order chi connectivity index (χ1) is 14.1. The molecule has 0 N–H and O–H groups in total. The highest BCUT2D eigenvalue weighted by Gasteiger charge is 2.75. The van der Waals surface area contributed by atoms with E-state index in [9.17, 15) is 4.79 Å². The quantitative estimate of drug-likeness (QED) is 0.434. The SMILES string of the molecule is CC(C)[C@@H](C)/C=C/[C@@H](C)[C@H]1CC[C@@]2(C)[C@@H]3CC[C@]45CC(=O)CC[C@]4(C5)C3=CC[C@]12C. The Kier molecular flexibility index (Phi) is 4.61. The lowest BCUT2D eigenvalue weighted by atomic mass is 9.47. The molecule has 0 bridgehead atoms. The van der Waals surface area contributed by atoms with Gasteiger partial charge in [-0.3, -0.25) is 4.79 Å². The zero-order chi connectivity index (χ0) is 21.5. The van der Waals surface area contributed by atoms with Crippen molar-refractivity contribution in [2.45, 2.75) is 99.3 Å². The fourth-order valence-electron chi connectivity index (χ4n) is 9.13. The summed E-state index contributed by atoms with van der Waals surface area (Å²) >= 11 is 0. The molecule has 166 valence electrons. The highest BCUT2D eigenvalue weighted by molar-refractivity contribution is 5.82. The monoisotopic (exact) mass is 408 g/mol. The molecule has 0 aliphatic heterocycles. The van der Waals surface area contributed by atoms with Crippen molar-refractivity contribution in [3.8, 4) is 0 Å². The van der Waals surface area contributed by atoms with Crippen molar-refractivity contribution in [1.82, 2.24) is 0 Å². The molecule has 5 aliphatic carbocycles. The number of carbonyl (C=O) groups excluding carboxylic acids is 1. The van der Waals surface area contributed by atoms with Crippen LogP contribution in [0.3, 0.4) is 0 Å². The third-order valence-electron chi connectivity index (χ3n) is 11.8. The number of fused-ring (bicyclic) bond motifs is 3. The van der Waals surface area contributed by atoms with Crippen LogP contribution in [0.4, 0.5) is 0 Å². The van der Waals surface area contributed by atoms with Crippen LogP contribution in [0.15, 0.2) is 23.8 Å². The van der Waals surface area contributed by atoms with Gasteiger partial charge in [-0.1, -0.05) is 65.3 Å². The molecule has 0 spiro atoms. The van der Waals surface area contributed by atoms with Crippen molar-refractivity contribution < 1.29 is 4.79 Å². The topological polar surface area (TPSA) is 17.1 Å². The summed E-state index contributed by atoms with van der Waals surface area (Å²) in [6, 6.07) is 0. The molecule has 0 aromatic heterocycles. The Morgan fingerprint density at radius 1 is 1.00 bits per heavy atom. The Bertz CT molecular complexity index is 803. The molecule has 8 atom stereocenters. The summed E-state index contributed by atoms with van der Waals surface area (Å²) in [4.78, 5) is 12.2. The van der Waals surface area contributed by atoms with E-state index in [1.807, 2.05) is 5.57 Å². The molecule has 0 unspecified atom stereocenters. The Balaban J connectivity index is 1.43. The normalized spacial score (nSPS) is 49.2. The van der Waals surface area contributed by atoms with E-state index in [1.54, 1.807) is 0 Å². The van der Waals surface area contributed by atoms with Gasteiger partial charge >= 0.3 is 0 Å². The molecule has 0 aromatic carbocycles. The Morgan fingerprint density at radius 3 is 2.50 bits per heavy atom. The summed E-state index contributed by atoms with van der Waals surface area (Å²) in [5.41, 5.74) is 3.51. The zero-order valence-corrected chi connectivity index (χ0v) is 20.4. The van der Waals surface area contributed by atoms with Gasteiger partial charge in [-0.2, -0.15) is 0 Å². The number of carbonyl (C=O) groups is 1. The predicted octanol–water partition coefficient (Wildman–Crippen LogP) is 7.76. The first-order valence-electron chi connectivity index (χ1n) is 13.0. The average Bonchev–Trinajstić information content (AvgIpc) is 3.30. The molecule has 5 rings (SSSR count). The first kappa shape index (κ1) is 21.0. The Morgan fingerprint density at radius 2 is 1.77 bits per heavy atom. The maximum atomic E-state index is 12.2. The molecule has 5 aliphatic rings. The van der Waals surface area contributed by atoms with Gasteiger partial charge in [-0.15, -0.1) is 0 Å². The molecule has 4 saturated carbocycles. The molecule has 1 nitrogen and oxygen atoms in total. The number of rotatable bonds is 4. The maximum Gasteiger partial charge on any atom is 0.133 e. The maximum absolute atomic E-state index is 12.2. The van der Waals surface area contributed by atoms with Crippen molar-refractivity contribution in [1.29, 1.82) is 0 Å². The van der Waals surface area contributed by atoms with E-state index in [0.717, 1.165) is 37.0 Å². The first-order valence-corrected chi connectivity index (χ1v) is 13.0. The smallest absolute Gasteiger partial charge is 0.133 e. The predicted molar refractivity (Wildman–Crippen MR) is 125 cm³/mol. The number of hydrogen-bond acceptors (Lipinski definition) is 1. The number of ketones is 1. The van der Waals surface area contributed by atoms with E-state index in [-0.39, 0.29) is 0 Å². The van der Waals surface area contributed by atoms with Gasteiger partial charge in [-0.05, 0) is 96.2 Å². The molecule has 0 aromatic rings. The highest BCUT2D eigenvalue weighted by Crippen LogP contribution is 2.83. The van der Waals surface area contributed by atoms with Crippen LogP contribution in [0.5, 0.6) is 0 Å². The molecule has 0 amide bonds. The molecule has 0 saturated heterocycles. The van der Waals surface area contributed by atoms with Crippen LogP contribution in [-0.2, 0) is 4.79 Å². The molecule has 1 heteroatoms. The lowest BCUT2D eigenvalue weighted by molar-refractivity contribution is -0.123. The summed E-state index contributed by atoms with van der Waals surface area (Å²) in [6.07, 6.45) is 18.7. The van der Waals surface area contributed by atoms with E-state index >= 15 is 0 Å². The second-order valence-electron chi connectivity index (χ2n) is 13.0. The van der Waals surface area contributed by atoms with Crippen molar-refractivity contribution in [3.05, 3.63) is 23.8 Å². The number of allylic oxidation sites excluding steroid dienone is 4. The Hall–Kier alpha value is -0.850. The fraction of sp³-hybridized carbons (Fsp3) is 0.828. The van der Waals surface area contributed by atoms with E-state index in [4.69, 9.17) is 0 Å². The minimum absolute atomic E-state index is 0.385. The fourth-order valence-corrected chi connectivity index (χ4v) is 9.13. The van der Waals surface area contributed by atoms with Crippen LogP contribution in [0.2, 0.25) is 0 Å². The van der Waals surface area contributed by atoms with Gasteiger partial charge in [0.1, 0.15) is 5.78 Å². The van der Waals surface area contributed by atoms with Gasteiger partial charge in [-0.25, -0.2) is 0 Å². The van der Waals surface area contributed by atoms with Crippen LogP contribution < -0.4 is 0 Å². The Labute approximate surface area is 185 Å². The van der Waals surface area contributed by atoms with E-state index in [1.165, 1.54) is 38.5 Å². The highest BCUT2D eigenvalue weighted by atomic mass is 16.1. The van der Waals surface area contributed by atoms with E-state index < -0.39 is 0 Å². The van der Waals surface area contributed by atoms with Gasteiger partial charge in [0, 0.05) is 12.8 Å². The van der Waals surface area contributed by atoms with Crippen LogP contribution >= 0.6 is 0 Å². The van der Waals surface area contributed by atoms with Gasteiger partial charge in [0.05, 0.1) is 0 Å². The van der Waals surface area contributed by atoms with Gasteiger partial charge in [0.2, 0.25) is 0 Å². The summed E-state index contributed by atoms with van der Waals surface area (Å²) < 4.78 is 0. The van der Waals surface area contributed by atoms with Gasteiger partial charge < -0.3 is 0 Å². The average molecular weight is 409 g/mol. The second-order valence-corrected chi connectivity index (χ2v) is 13.0. The van der Waals surface area contributed by atoms with Crippen molar-refractivity contribution in [3.63, 3.8) is 0 Å². The molecular formula is C29H44O. The summed E-state index contributed by atoms with van der Waals surface area (Å²) in [7, 11) is 0. The van der Waals surface area contributed by atoms with Gasteiger partial charge in [0.15, 0.2) is 0 Å². The summed E-state index contributed by atoms with van der Waals surface area (Å²) in [6.45, 7) is 14.8. The molecule has 0 heterocycles. The van der Waals surface area contributed by atoms with Crippen LogP contribution in [0, 0.1) is 51.2 Å². The summed E-state index contributed by atoms with van der Waals surface area (Å²) in [5.74, 6) is 4.18. The van der Waals surface area contributed by atoms with Crippen molar-refractivity contribution in [2.75, 3.05) is 0 Å². The number of hydrogen-bond donors (Lipinski definition) is 0. The van der Waals surface area contributed by atoms with Crippen LogP contribution in [0.25, 0.3) is 0 Å². The molecule has 4 fully saturated rings. The van der Waals surface area contributed by atoms with Gasteiger partial charge in [0.25, 0.3) is 0 Å². The molecular weight excluding hydrogens is 364 g/mol. The van der Waals surface area contributed by atoms with Crippen molar-refractivity contribution >= 4 is 5.78 Å². The largest absolute Gasteiger partial charge is 0.300 e. The number of Topliss-reactive ketones (excluding diaryl/α,β-unsaturated/α-hetero) is 1. The van der Waals surface area contributed by atoms with E-state index in [2.05, 4.69) is 59.8 Å². The zero-order valence-electron chi connectivity index (χ0n) is 20.4. The second kappa shape index (κ2) is 6.58. The minimum atomic E-state index is 0.385. The lowest BCUT2D eigenvalue weighted by Gasteiger charge is -2.57. The molecule has 30 heavy (non-hydrogen) atoms. The third-order valence-corrected chi connectivity index (χ3v) is 11.8. The summed E-state index contributed by atoms with van der Waals surface area (Å²) in [5, 5.41) is 0. The standard InChI is InChI=1S/C29H44O/c1-19(2)20(3)7-8-21(4)23-10-13-27(6)24-12-15-28-17-22(30)9-16-29(28,18-28)25(24)11-14-26(23,27)5/h7-8,11,19-21,23-24H,9-10,12-18H2,1-6H3/b8-7+/t20-,21+,23+,24+,26+,27-,28+,29-/m0/s1. The minimum Gasteiger partial charge on any atom is -0.300 e. The third kappa shape index (κ3) is 2.56. The molecule has 0 radical (unpaired) electrons. The van der Waals surface area contributed by atoms with Crippen LogP contribution in [0.1, 0.15) is 99.3 Å². The lowest BCUT2D eigenvalue weighted by Crippen LogP contribution is -2.50. The van der Waals surface area contributed by atoms with E-state index in [0.29, 0.717) is 39.3 Å². The van der Waals surface area contributed by atoms with Crippen molar-refractivity contribution in [2.24, 2.45) is 51.2 Å². The van der Waals surface area contributed by atoms with Crippen LogP contribution in [-0.4, -0.2) is 5.78 Å².